The number of carbonyl (C=O) groups is 2. The van der Waals surface area contributed by atoms with Crippen molar-refractivity contribution in [2.45, 2.75) is 33.1 Å². The maximum Gasteiger partial charge on any atom is 0.306 e. The third kappa shape index (κ3) is 5.30. The number of unbranched alkanes of at least 4 members (excludes halogenated alkanes) is 1. The van der Waals surface area contributed by atoms with Crippen LogP contribution in [0.4, 0.5) is 5.69 Å². The lowest BCUT2D eigenvalue weighted by molar-refractivity contribution is -0.147. The molecule has 1 aromatic carbocycles. The van der Waals surface area contributed by atoms with Crippen molar-refractivity contribution < 1.29 is 19.1 Å². The molecular weight excluding hydrogens is 258 g/mol. The summed E-state index contributed by atoms with van der Waals surface area (Å²) in [5, 5.41) is 2.67. The standard InChI is InChI=1S/C15H21NO4/c1-4-5-6-15(18)20-10-14(17)16-12-9-11(2)7-8-13(12)19-3/h7-9H,4-6,10H2,1-3H3,(H,16,17). The maximum atomic E-state index is 11.7. The molecule has 0 aliphatic rings. The highest BCUT2D eigenvalue weighted by Crippen LogP contribution is 2.24. The first kappa shape index (κ1) is 16.0. The van der Waals surface area contributed by atoms with Crippen LogP contribution < -0.4 is 10.1 Å². The number of rotatable bonds is 7. The molecule has 1 aromatic rings. The summed E-state index contributed by atoms with van der Waals surface area (Å²) in [5.74, 6) is -0.154. The molecular formula is C15H21NO4. The van der Waals surface area contributed by atoms with Crippen LogP contribution in [0.25, 0.3) is 0 Å². The van der Waals surface area contributed by atoms with Gasteiger partial charge in [-0.25, -0.2) is 0 Å². The molecule has 0 fully saturated rings. The van der Waals surface area contributed by atoms with Crippen LogP contribution in [0, 0.1) is 6.92 Å². The second-order valence-electron chi connectivity index (χ2n) is 4.52. The molecule has 0 heterocycles. The minimum absolute atomic E-state index is 0.278. The van der Waals surface area contributed by atoms with E-state index in [0.717, 1.165) is 18.4 Å². The van der Waals surface area contributed by atoms with Gasteiger partial charge in [-0.2, -0.15) is 0 Å². The molecule has 5 nitrogen and oxygen atoms in total. The highest BCUT2D eigenvalue weighted by atomic mass is 16.5. The van der Waals surface area contributed by atoms with E-state index in [1.165, 1.54) is 7.11 Å². The molecule has 1 rings (SSSR count). The second kappa shape index (κ2) is 8.19. The molecule has 0 atom stereocenters. The number of carbonyl (C=O) groups excluding carboxylic acids is 2. The third-order valence-electron chi connectivity index (χ3n) is 2.73. The lowest BCUT2D eigenvalue weighted by Crippen LogP contribution is -2.21. The average Bonchev–Trinajstić information content (AvgIpc) is 2.43. The summed E-state index contributed by atoms with van der Waals surface area (Å²) in [6.07, 6.45) is 2.03. The zero-order chi connectivity index (χ0) is 15.0. The molecule has 1 N–H and O–H groups in total. The van der Waals surface area contributed by atoms with Crippen LogP contribution in [0.15, 0.2) is 18.2 Å². The fourth-order valence-electron chi connectivity index (χ4n) is 1.65. The van der Waals surface area contributed by atoms with Gasteiger partial charge in [0.1, 0.15) is 5.75 Å². The number of ether oxygens (including phenoxy) is 2. The molecule has 0 radical (unpaired) electrons. The van der Waals surface area contributed by atoms with E-state index in [-0.39, 0.29) is 18.5 Å². The molecule has 0 aliphatic heterocycles. The van der Waals surface area contributed by atoms with Gasteiger partial charge in [0, 0.05) is 6.42 Å². The summed E-state index contributed by atoms with van der Waals surface area (Å²) in [7, 11) is 1.53. The molecule has 0 aliphatic carbocycles. The normalized spacial score (nSPS) is 9.95. The number of hydrogen-bond donors (Lipinski definition) is 1. The molecule has 0 saturated carbocycles. The van der Waals surface area contributed by atoms with Crippen molar-refractivity contribution in [3.63, 3.8) is 0 Å². The lowest BCUT2D eigenvalue weighted by atomic mass is 10.2. The predicted molar refractivity (Wildman–Crippen MR) is 76.8 cm³/mol. The van der Waals surface area contributed by atoms with Gasteiger partial charge in [-0.1, -0.05) is 19.4 Å². The SMILES string of the molecule is CCCCC(=O)OCC(=O)Nc1cc(C)ccc1OC. The van der Waals surface area contributed by atoms with Crippen molar-refractivity contribution in [1.82, 2.24) is 0 Å². The van der Waals surface area contributed by atoms with Gasteiger partial charge in [0.25, 0.3) is 5.91 Å². The van der Waals surface area contributed by atoms with E-state index in [0.29, 0.717) is 17.9 Å². The van der Waals surface area contributed by atoms with Crippen LogP contribution in [0.5, 0.6) is 5.75 Å². The van der Waals surface area contributed by atoms with Crippen LogP contribution >= 0.6 is 0 Å². The Bertz CT molecular complexity index is 471. The molecule has 5 heteroatoms. The van der Waals surface area contributed by atoms with Crippen molar-refractivity contribution in [1.29, 1.82) is 0 Å². The topological polar surface area (TPSA) is 64.6 Å². The van der Waals surface area contributed by atoms with Crippen molar-refractivity contribution in [2.24, 2.45) is 0 Å². The number of aryl methyl sites for hydroxylation is 1. The van der Waals surface area contributed by atoms with E-state index in [1.807, 2.05) is 19.9 Å². The minimum atomic E-state index is -0.376. The number of nitrogens with one attached hydrogen (secondary N) is 1. The van der Waals surface area contributed by atoms with E-state index < -0.39 is 0 Å². The molecule has 0 spiro atoms. The Balaban J connectivity index is 2.50. The second-order valence-corrected chi connectivity index (χ2v) is 4.52. The Morgan fingerprint density at radius 1 is 1.30 bits per heavy atom. The number of hydrogen-bond acceptors (Lipinski definition) is 4. The first-order valence-corrected chi connectivity index (χ1v) is 6.67. The summed E-state index contributed by atoms with van der Waals surface area (Å²) < 4.78 is 10.0. The highest BCUT2D eigenvalue weighted by molar-refractivity contribution is 5.94. The predicted octanol–water partition coefficient (Wildman–Crippen LogP) is 2.68. The molecule has 0 aromatic heterocycles. The number of amides is 1. The minimum Gasteiger partial charge on any atom is -0.495 e. The van der Waals surface area contributed by atoms with E-state index in [4.69, 9.17) is 9.47 Å². The summed E-state index contributed by atoms with van der Waals surface area (Å²) >= 11 is 0. The zero-order valence-corrected chi connectivity index (χ0v) is 12.2. The Kier molecular flexibility index (Phi) is 6.56. The van der Waals surface area contributed by atoms with Crippen molar-refractivity contribution >= 4 is 17.6 Å². The Morgan fingerprint density at radius 3 is 2.70 bits per heavy atom. The first-order chi connectivity index (χ1) is 9.56. The maximum absolute atomic E-state index is 11.7. The van der Waals surface area contributed by atoms with Crippen molar-refractivity contribution in [2.75, 3.05) is 19.0 Å². The van der Waals surface area contributed by atoms with E-state index in [1.54, 1.807) is 12.1 Å². The Hall–Kier alpha value is -2.04. The number of anilines is 1. The average molecular weight is 279 g/mol. The Labute approximate surface area is 119 Å². The largest absolute Gasteiger partial charge is 0.495 e. The van der Waals surface area contributed by atoms with Gasteiger partial charge in [-0.05, 0) is 31.0 Å². The van der Waals surface area contributed by atoms with Gasteiger partial charge in [-0.3, -0.25) is 9.59 Å². The molecule has 20 heavy (non-hydrogen) atoms. The summed E-state index contributed by atoms with van der Waals surface area (Å²) in [4.78, 5) is 23.0. The first-order valence-electron chi connectivity index (χ1n) is 6.67. The number of methoxy groups -OCH3 is 1. The van der Waals surface area contributed by atoms with Gasteiger partial charge in [0.15, 0.2) is 6.61 Å². The number of benzene rings is 1. The van der Waals surface area contributed by atoms with Gasteiger partial charge < -0.3 is 14.8 Å². The van der Waals surface area contributed by atoms with E-state index in [2.05, 4.69) is 5.32 Å². The van der Waals surface area contributed by atoms with Crippen molar-refractivity contribution in [3.8, 4) is 5.75 Å². The highest BCUT2D eigenvalue weighted by Gasteiger charge is 2.10. The monoisotopic (exact) mass is 279 g/mol. The quantitative estimate of drug-likeness (QED) is 0.779. The van der Waals surface area contributed by atoms with Crippen LogP contribution in [0.1, 0.15) is 31.7 Å². The fraction of sp³-hybridized carbons (Fsp3) is 0.467. The van der Waals surface area contributed by atoms with Crippen LogP contribution in [0.2, 0.25) is 0 Å². The van der Waals surface area contributed by atoms with E-state index >= 15 is 0 Å². The van der Waals surface area contributed by atoms with Gasteiger partial charge >= 0.3 is 5.97 Å². The third-order valence-corrected chi connectivity index (χ3v) is 2.73. The molecule has 0 saturated heterocycles. The molecule has 110 valence electrons. The van der Waals surface area contributed by atoms with Gasteiger partial charge in [0.05, 0.1) is 12.8 Å². The van der Waals surface area contributed by atoms with Crippen LogP contribution in [-0.4, -0.2) is 25.6 Å². The zero-order valence-electron chi connectivity index (χ0n) is 12.2. The smallest absolute Gasteiger partial charge is 0.306 e. The summed E-state index contributed by atoms with van der Waals surface area (Å²) in [6.45, 7) is 3.63. The fourth-order valence-corrected chi connectivity index (χ4v) is 1.65. The molecule has 1 amide bonds. The van der Waals surface area contributed by atoms with Crippen LogP contribution in [-0.2, 0) is 14.3 Å². The number of esters is 1. The summed E-state index contributed by atoms with van der Waals surface area (Å²) in [5.41, 5.74) is 1.57. The van der Waals surface area contributed by atoms with E-state index in [9.17, 15) is 9.59 Å². The summed E-state index contributed by atoms with van der Waals surface area (Å²) in [6, 6.07) is 5.47. The molecule has 0 bridgehead atoms. The lowest BCUT2D eigenvalue weighted by Gasteiger charge is -2.11. The van der Waals surface area contributed by atoms with Gasteiger partial charge in [-0.15, -0.1) is 0 Å². The Morgan fingerprint density at radius 2 is 2.05 bits per heavy atom. The van der Waals surface area contributed by atoms with Crippen molar-refractivity contribution in [3.05, 3.63) is 23.8 Å². The van der Waals surface area contributed by atoms with Crippen LogP contribution in [0.3, 0.4) is 0 Å². The van der Waals surface area contributed by atoms with Gasteiger partial charge in [0.2, 0.25) is 0 Å². The molecule has 0 unspecified atom stereocenters.